The summed E-state index contributed by atoms with van der Waals surface area (Å²) in [5, 5.41) is 0.630. The molecule has 3 heterocycles. The monoisotopic (exact) mass is 398 g/mol. The maximum atomic E-state index is 13.0. The van der Waals surface area contributed by atoms with E-state index in [0.29, 0.717) is 24.7 Å². The van der Waals surface area contributed by atoms with Crippen molar-refractivity contribution in [2.45, 2.75) is 13.3 Å². The first-order chi connectivity index (χ1) is 13.5. The van der Waals surface area contributed by atoms with Crippen molar-refractivity contribution in [1.29, 1.82) is 0 Å². The summed E-state index contributed by atoms with van der Waals surface area (Å²) in [6.45, 7) is 5.11. The summed E-state index contributed by atoms with van der Waals surface area (Å²) in [6.07, 6.45) is 2.04. The predicted molar refractivity (Wildman–Crippen MR) is 110 cm³/mol. The second kappa shape index (κ2) is 7.80. The number of hydrogen-bond donors (Lipinski definition) is 0. The Bertz CT molecular complexity index is 881. The van der Waals surface area contributed by atoms with E-state index < -0.39 is 0 Å². The lowest BCUT2D eigenvalue weighted by atomic mass is 10.1. The van der Waals surface area contributed by atoms with Crippen molar-refractivity contribution in [3.63, 3.8) is 0 Å². The van der Waals surface area contributed by atoms with E-state index in [0.717, 1.165) is 30.2 Å². The van der Waals surface area contributed by atoms with E-state index in [1.165, 1.54) is 0 Å². The number of amides is 2. The average Bonchev–Trinajstić information content (AvgIpc) is 3.12. The van der Waals surface area contributed by atoms with Gasteiger partial charge in [-0.3, -0.25) is 9.59 Å². The van der Waals surface area contributed by atoms with Crippen LogP contribution in [0.1, 0.15) is 12.0 Å². The summed E-state index contributed by atoms with van der Waals surface area (Å²) in [7, 11) is 0. The maximum Gasteiger partial charge on any atom is 0.228 e. The molecule has 4 rings (SSSR count). The molecule has 0 spiro atoms. The first-order valence-electron chi connectivity index (χ1n) is 9.55. The van der Waals surface area contributed by atoms with Gasteiger partial charge in [0.1, 0.15) is 5.82 Å². The molecule has 2 aromatic rings. The number of nitrogens with zero attached hydrogens (tertiary/aromatic N) is 4. The molecule has 6 nitrogen and oxygen atoms in total. The molecule has 146 valence electrons. The number of rotatable bonds is 3. The molecule has 1 aromatic heterocycles. The number of carbonyl (C=O) groups excluding carboxylic acids is 2. The molecule has 7 heteroatoms. The molecule has 2 fully saturated rings. The molecule has 1 aromatic carbocycles. The van der Waals surface area contributed by atoms with Gasteiger partial charge in [0.25, 0.3) is 0 Å². The predicted octanol–water partition coefficient (Wildman–Crippen LogP) is 2.75. The van der Waals surface area contributed by atoms with Gasteiger partial charge in [-0.25, -0.2) is 4.98 Å². The molecule has 2 saturated heterocycles. The number of aromatic nitrogens is 1. The van der Waals surface area contributed by atoms with E-state index in [9.17, 15) is 9.59 Å². The second-order valence-corrected chi connectivity index (χ2v) is 7.70. The molecule has 0 aliphatic carbocycles. The molecule has 2 amide bonds. The Kier molecular flexibility index (Phi) is 5.22. The van der Waals surface area contributed by atoms with E-state index in [2.05, 4.69) is 9.88 Å². The lowest BCUT2D eigenvalue weighted by Gasteiger charge is -2.36. The first kappa shape index (κ1) is 18.7. The van der Waals surface area contributed by atoms with Crippen LogP contribution in [0.4, 0.5) is 11.5 Å². The van der Waals surface area contributed by atoms with E-state index in [4.69, 9.17) is 11.6 Å². The SMILES string of the molecule is Cc1c(Cl)cccc1N1CC(C(=O)N2CCN(c3ccccn3)CC2)CC1=O. The molecule has 2 aliphatic heterocycles. The minimum Gasteiger partial charge on any atom is -0.353 e. The highest BCUT2D eigenvalue weighted by Gasteiger charge is 2.38. The molecular weight excluding hydrogens is 376 g/mol. The number of hydrogen-bond acceptors (Lipinski definition) is 4. The van der Waals surface area contributed by atoms with Crippen LogP contribution in [0.15, 0.2) is 42.6 Å². The van der Waals surface area contributed by atoms with Crippen molar-refractivity contribution >= 4 is 34.9 Å². The van der Waals surface area contributed by atoms with E-state index in [-0.39, 0.29) is 24.2 Å². The summed E-state index contributed by atoms with van der Waals surface area (Å²) in [4.78, 5) is 35.7. The van der Waals surface area contributed by atoms with Crippen LogP contribution in [0.3, 0.4) is 0 Å². The van der Waals surface area contributed by atoms with Gasteiger partial charge in [-0.05, 0) is 36.8 Å². The zero-order valence-corrected chi connectivity index (χ0v) is 16.6. The normalized spacial score (nSPS) is 20.0. The third-order valence-electron chi connectivity index (χ3n) is 5.57. The van der Waals surface area contributed by atoms with Crippen molar-refractivity contribution in [3.05, 3.63) is 53.2 Å². The number of pyridine rings is 1. The van der Waals surface area contributed by atoms with Crippen LogP contribution in [-0.2, 0) is 9.59 Å². The van der Waals surface area contributed by atoms with Crippen LogP contribution in [0, 0.1) is 12.8 Å². The van der Waals surface area contributed by atoms with Gasteiger partial charge in [0.15, 0.2) is 0 Å². The Morgan fingerprint density at radius 2 is 1.89 bits per heavy atom. The van der Waals surface area contributed by atoms with Crippen molar-refractivity contribution in [2.24, 2.45) is 5.92 Å². The molecule has 1 unspecified atom stereocenters. The standard InChI is InChI=1S/C21H23ClN4O2/c1-15-17(22)5-4-6-18(15)26-14-16(13-20(26)27)21(28)25-11-9-24(10-12-25)19-7-2-3-8-23-19/h2-8,16H,9-14H2,1H3. The zero-order chi connectivity index (χ0) is 19.7. The summed E-state index contributed by atoms with van der Waals surface area (Å²) in [6, 6.07) is 11.4. The summed E-state index contributed by atoms with van der Waals surface area (Å²) in [5.74, 6) is 0.688. The minimum atomic E-state index is -0.299. The van der Waals surface area contributed by atoms with Gasteiger partial charge >= 0.3 is 0 Å². The van der Waals surface area contributed by atoms with Gasteiger partial charge in [0.2, 0.25) is 11.8 Å². The molecule has 28 heavy (non-hydrogen) atoms. The molecular formula is C21H23ClN4O2. The third-order valence-corrected chi connectivity index (χ3v) is 5.98. The number of carbonyl (C=O) groups is 2. The van der Waals surface area contributed by atoms with Gasteiger partial charge in [0, 0.05) is 56.1 Å². The lowest BCUT2D eigenvalue weighted by molar-refractivity contribution is -0.136. The largest absolute Gasteiger partial charge is 0.353 e. The minimum absolute atomic E-state index is 0.0177. The van der Waals surface area contributed by atoms with E-state index in [1.807, 2.05) is 48.2 Å². The number of halogens is 1. The highest BCUT2D eigenvalue weighted by atomic mass is 35.5. The Balaban J connectivity index is 1.40. The molecule has 0 radical (unpaired) electrons. The quantitative estimate of drug-likeness (QED) is 0.797. The van der Waals surface area contributed by atoms with Crippen LogP contribution in [-0.4, -0.2) is 54.4 Å². The molecule has 0 N–H and O–H groups in total. The highest BCUT2D eigenvalue weighted by Crippen LogP contribution is 2.32. The smallest absolute Gasteiger partial charge is 0.228 e. The average molecular weight is 399 g/mol. The van der Waals surface area contributed by atoms with Gasteiger partial charge in [0.05, 0.1) is 5.92 Å². The lowest BCUT2D eigenvalue weighted by Crippen LogP contribution is -2.51. The van der Waals surface area contributed by atoms with Crippen LogP contribution in [0.2, 0.25) is 5.02 Å². The van der Waals surface area contributed by atoms with Gasteiger partial charge in [-0.2, -0.15) is 0 Å². The Hall–Kier alpha value is -2.60. The third kappa shape index (κ3) is 3.56. The van der Waals surface area contributed by atoms with Crippen LogP contribution >= 0.6 is 11.6 Å². The van der Waals surface area contributed by atoms with Crippen LogP contribution in [0.25, 0.3) is 0 Å². The summed E-state index contributed by atoms with van der Waals surface area (Å²) < 4.78 is 0. The van der Waals surface area contributed by atoms with Gasteiger partial charge < -0.3 is 14.7 Å². The van der Waals surface area contributed by atoms with Crippen LogP contribution < -0.4 is 9.80 Å². The fraction of sp³-hybridized carbons (Fsp3) is 0.381. The van der Waals surface area contributed by atoms with Crippen molar-refractivity contribution < 1.29 is 9.59 Å². The van der Waals surface area contributed by atoms with Gasteiger partial charge in [-0.1, -0.05) is 23.7 Å². The number of anilines is 2. The first-order valence-corrected chi connectivity index (χ1v) is 9.92. The van der Waals surface area contributed by atoms with E-state index in [1.54, 1.807) is 11.1 Å². The van der Waals surface area contributed by atoms with Crippen molar-refractivity contribution in [3.8, 4) is 0 Å². The zero-order valence-electron chi connectivity index (χ0n) is 15.8. The number of piperazine rings is 1. The maximum absolute atomic E-state index is 13.0. The summed E-state index contributed by atoms with van der Waals surface area (Å²) >= 11 is 6.20. The topological polar surface area (TPSA) is 56.8 Å². The molecule has 0 saturated carbocycles. The fourth-order valence-corrected chi connectivity index (χ4v) is 4.12. The summed E-state index contributed by atoms with van der Waals surface area (Å²) in [5.41, 5.74) is 1.67. The highest BCUT2D eigenvalue weighted by molar-refractivity contribution is 6.31. The van der Waals surface area contributed by atoms with Gasteiger partial charge in [-0.15, -0.1) is 0 Å². The molecule has 1 atom stereocenters. The number of benzene rings is 1. The van der Waals surface area contributed by atoms with E-state index >= 15 is 0 Å². The Morgan fingerprint density at radius 1 is 1.11 bits per heavy atom. The molecule has 0 bridgehead atoms. The Labute approximate surface area is 169 Å². The Morgan fingerprint density at radius 3 is 2.61 bits per heavy atom. The second-order valence-electron chi connectivity index (χ2n) is 7.29. The molecule has 2 aliphatic rings. The van der Waals surface area contributed by atoms with Crippen molar-refractivity contribution in [2.75, 3.05) is 42.5 Å². The fourth-order valence-electron chi connectivity index (χ4n) is 3.95. The van der Waals surface area contributed by atoms with Crippen molar-refractivity contribution in [1.82, 2.24) is 9.88 Å². The van der Waals surface area contributed by atoms with Crippen LogP contribution in [0.5, 0.6) is 0 Å².